The van der Waals surface area contributed by atoms with Gasteiger partial charge in [0.25, 0.3) is 5.22 Å². The molecule has 0 N–H and O–H groups in total. The molecule has 1 heterocycles. The van der Waals surface area contributed by atoms with E-state index in [9.17, 15) is 4.79 Å². The van der Waals surface area contributed by atoms with Crippen molar-refractivity contribution in [3.63, 3.8) is 0 Å². The molecule has 0 bridgehead atoms. The molecule has 0 aliphatic carbocycles. The lowest BCUT2D eigenvalue weighted by molar-refractivity contribution is 0.0475. The molecule has 5 nitrogen and oxygen atoms in total. The summed E-state index contributed by atoms with van der Waals surface area (Å²) in [6.07, 6.45) is 4.00. The van der Waals surface area contributed by atoms with Gasteiger partial charge < -0.3 is 9.15 Å². The molecule has 0 fully saturated rings. The summed E-state index contributed by atoms with van der Waals surface area (Å²) in [5.41, 5.74) is 1.13. The minimum Gasteiger partial charge on any atom is -0.459 e. The molecule has 0 saturated heterocycles. The van der Waals surface area contributed by atoms with Crippen LogP contribution < -0.4 is 0 Å². The largest absolute Gasteiger partial charge is 0.459 e. The van der Waals surface area contributed by atoms with E-state index in [1.165, 1.54) is 11.8 Å². The van der Waals surface area contributed by atoms with Gasteiger partial charge in [-0.15, -0.1) is 5.10 Å². The molecule has 0 spiro atoms. The Labute approximate surface area is 121 Å². The zero-order valence-corrected chi connectivity index (χ0v) is 11.8. The third-order valence-electron chi connectivity index (χ3n) is 2.27. The molecule has 0 atom stereocenters. The molecule has 104 valence electrons. The second kappa shape index (κ2) is 7.49. The number of thioether (sulfide) groups is 1. The smallest absolute Gasteiger partial charge is 0.396 e. The van der Waals surface area contributed by atoms with Gasteiger partial charge in [0.05, 0.1) is 6.61 Å². The number of aromatic nitrogens is 2. The van der Waals surface area contributed by atoms with Crippen LogP contribution in [0.15, 0.2) is 46.0 Å². The van der Waals surface area contributed by atoms with Gasteiger partial charge in [0, 0.05) is 5.75 Å². The molecule has 1 aromatic carbocycles. The van der Waals surface area contributed by atoms with Crippen LogP contribution in [-0.2, 0) is 4.74 Å². The Hall–Kier alpha value is -2.08. The van der Waals surface area contributed by atoms with Crippen LogP contribution in [0.2, 0.25) is 0 Å². The molecule has 0 radical (unpaired) electrons. The van der Waals surface area contributed by atoms with Gasteiger partial charge in [-0.2, -0.15) is 0 Å². The first-order valence-corrected chi connectivity index (χ1v) is 7.13. The van der Waals surface area contributed by atoms with E-state index < -0.39 is 5.97 Å². The van der Waals surface area contributed by atoms with Crippen molar-refractivity contribution in [2.45, 2.75) is 12.1 Å². The van der Waals surface area contributed by atoms with Crippen molar-refractivity contribution in [3.05, 3.63) is 47.9 Å². The normalized spacial score (nSPS) is 10.8. The molecule has 1 aromatic heterocycles. The Kier molecular flexibility index (Phi) is 5.37. The summed E-state index contributed by atoms with van der Waals surface area (Å²) in [5, 5.41) is 7.76. The number of ether oxygens (including phenoxy) is 1. The lowest BCUT2D eigenvalue weighted by Crippen LogP contribution is -2.04. The van der Waals surface area contributed by atoms with E-state index in [4.69, 9.17) is 9.15 Å². The maximum atomic E-state index is 11.3. The van der Waals surface area contributed by atoms with Crippen molar-refractivity contribution in [3.8, 4) is 0 Å². The summed E-state index contributed by atoms with van der Waals surface area (Å²) in [4.78, 5) is 11.3. The maximum Gasteiger partial charge on any atom is 0.396 e. The van der Waals surface area contributed by atoms with Gasteiger partial charge >= 0.3 is 11.9 Å². The monoisotopic (exact) mass is 290 g/mol. The number of nitrogens with zero attached hydrogens (tertiary/aromatic N) is 2. The fraction of sp³-hybridized carbons (Fsp3) is 0.214. The molecule has 2 aromatic rings. The van der Waals surface area contributed by atoms with Crippen LogP contribution in [0.4, 0.5) is 0 Å². The summed E-state index contributed by atoms with van der Waals surface area (Å²) in [6, 6.07) is 9.98. The number of carbonyl (C=O) groups excluding carboxylic acids is 1. The Morgan fingerprint density at radius 2 is 2.15 bits per heavy atom. The van der Waals surface area contributed by atoms with Crippen molar-refractivity contribution in [1.82, 2.24) is 10.2 Å². The average Bonchev–Trinajstić information content (AvgIpc) is 2.94. The first kappa shape index (κ1) is 14.3. The zero-order valence-electron chi connectivity index (χ0n) is 11.0. The molecule has 0 unspecified atom stereocenters. The molecule has 20 heavy (non-hydrogen) atoms. The number of benzene rings is 1. The summed E-state index contributed by atoms with van der Waals surface area (Å²) in [6.45, 7) is 2.00. The van der Waals surface area contributed by atoms with Crippen LogP contribution in [0.5, 0.6) is 0 Å². The highest BCUT2D eigenvalue weighted by molar-refractivity contribution is 7.99. The van der Waals surface area contributed by atoms with E-state index in [1.54, 1.807) is 6.92 Å². The van der Waals surface area contributed by atoms with E-state index in [2.05, 4.69) is 10.2 Å². The molecule has 0 aliphatic heterocycles. The summed E-state index contributed by atoms with van der Waals surface area (Å²) < 4.78 is 9.95. The average molecular weight is 290 g/mol. The molecule has 0 amide bonds. The van der Waals surface area contributed by atoms with Crippen molar-refractivity contribution in [2.24, 2.45) is 0 Å². The number of esters is 1. The predicted octanol–water partition coefficient (Wildman–Crippen LogP) is 3.05. The molecule has 6 heteroatoms. The Balaban J connectivity index is 1.83. The number of rotatable bonds is 6. The van der Waals surface area contributed by atoms with Crippen LogP contribution in [0.1, 0.15) is 23.2 Å². The first-order chi connectivity index (χ1) is 9.79. The Morgan fingerprint density at radius 3 is 2.90 bits per heavy atom. The van der Waals surface area contributed by atoms with Crippen LogP contribution in [0, 0.1) is 0 Å². The maximum absolute atomic E-state index is 11.3. The minimum absolute atomic E-state index is 0.110. The van der Waals surface area contributed by atoms with Gasteiger partial charge in [-0.25, -0.2) is 4.79 Å². The number of hydrogen-bond acceptors (Lipinski definition) is 6. The van der Waals surface area contributed by atoms with E-state index in [0.29, 0.717) is 11.0 Å². The van der Waals surface area contributed by atoms with Gasteiger partial charge in [-0.3, -0.25) is 0 Å². The summed E-state index contributed by atoms with van der Waals surface area (Å²) in [7, 11) is 0. The van der Waals surface area contributed by atoms with Crippen molar-refractivity contribution in [1.29, 1.82) is 0 Å². The Bertz CT molecular complexity index is 581. The standard InChI is InChI=1S/C14H14N2O3S/c1-2-18-13(17)12-15-16-14(19-12)20-10-6-9-11-7-4-3-5-8-11/h3-9H,2,10H2,1H3/b9-6+. The van der Waals surface area contributed by atoms with Crippen LogP contribution in [0.25, 0.3) is 6.08 Å². The van der Waals surface area contributed by atoms with Crippen molar-refractivity contribution in [2.75, 3.05) is 12.4 Å². The third-order valence-corrected chi connectivity index (χ3v) is 3.04. The molecule has 0 aliphatic rings. The van der Waals surface area contributed by atoms with Gasteiger partial charge in [0.15, 0.2) is 0 Å². The minimum atomic E-state index is -0.591. The third kappa shape index (κ3) is 4.24. The molecule has 2 rings (SSSR count). The highest BCUT2D eigenvalue weighted by atomic mass is 32.2. The molecular formula is C14H14N2O3S. The fourth-order valence-electron chi connectivity index (χ4n) is 1.41. The molecular weight excluding hydrogens is 276 g/mol. The second-order valence-corrected chi connectivity index (χ2v) is 4.69. The van der Waals surface area contributed by atoms with Crippen LogP contribution >= 0.6 is 11.8 Å². The molecule has 0 saturated carbocycles. The summed E-state index contributed by atoms with van der Waals surface area (Å²) in [5.74, 6) is -0.0210. The fourth-order valence-corrected chi connectivity index (χ4v) is 1.98. The van der Waals surface area contributed by atoms with Crippen molar-refractivity contribution >= 4 is 23.8 Å². The topological polar surface area (TPSA) is 65.2 Å². The van der Waals surface area contributed by atoms with Crippen LogP contribution in [-0.4, -0.2) is 28.5 Å². The van der Waals surface area contributed by atoms with Crippen LogP contribution in [0.3, 0.4) is 0 Å². The van der Waals surface area contributed by atoms with Gasteiger partial charge in [0.1, 0.15) is 0 Å². The van der Waals surface area contributed by atoms with E-state index >= 15 is 0 Å². The number of hydrogen-bond donors (Lipinski definition) is 0. The van der Waals surface area contributed by atoms with E-state index in [-0.39, 0.29) is 12.5 Å². The number of carbonyl (C=O) groups is 1. The quantitative estimate of drug-likeness (QED) is 0.602. The van der Waals surface area contributed by atoms with Crippen molar-refractivity contribution < 1.29 is 13.9 Å². The SMILES string of the molecule is CCOC(=O)c1nnc(SC/C=C/c2ccccc2)o1. The Morgan fingerprint density at radius 1 is 1.35 bits per heavy atom. The lowest BCUT2D eigenvalue weighted by atomic mass is 10.2. The van der Waals surface area contributed by atoms with Gasteiger partial charge in [0.2, 0.25) is 0 Å². The highest BCUT2D eigenvalue weighted by Gasteiger charge is 2.15. The van der Waals surface area contributed by atoms with Gasteiger partial charge in [-0.1, -0.05) is 59.3 Å². The highest BCUT2D eigenvalue weighted by Crippen LogP contribution is 2.17. The van der Waals surface area contributed by atoms with Gasteiger partial charge in [-0.05, 0) is 12.5 Å². The zero-order chi connectivity index (χ0) is 14.2. The second-order valence-electron chi connectivity index (χ2n) is 3.72. The summed E-state index contributed by atoms with van der Waals surface area (Å²) >= 11 is 1.36. The first-order valence-electron chi connectivity index (χ1n) is 6.14. The predicted molar refractivity (Wildman–Crippen MR) is 76.5 cm³/mol. The lowest BCUT2D eigenvalue weighted by Gasteiger charge is -1.94. The van der Waals surface area contributed by atoms with E-state index in [0.717, 1.165) is 5.56 Å². The van der Waals surface area contributed by atoms with E-state index in [1.807, 2.05) is 42.5 Å².